The second-order valence-corrected chi connectivity index (χ2v) is 3.83. The molecule has 0 amide bonds. The third-order valence-corrected chi connectivity index (χ3v) is 2.46. The standard InChI is InChI=1S/C13H17N3O/c1-14-10-12-3-2-4-13(9-12)17-8-7-16-6-5-15-11-16/h2-6,9,11,14H,7-8,10H2,1H3. The maximum Gasteiger partial charge on any atom is 0.119 e. The van der Waals surface area contributed by atoms with E-state index in [-0.39, 0.29) is 0 Å². The first kappa shape index (κ1) is 11.7. The van der Waals surface area contributed by atoms with Crippen LogP contribution in [0.15, 0.2) is 43.0 Å². The highest BCUT2D eigenvalue weighted by atomic mass is 16.5. The molecule has 2 aromatic rings. The van der Waals surface area contributed by atoms with Crippen LogP contribution in [0.1, 0.15) is 5.56 Å². The molecule has 2 rings (SSSR count). The summed E-state index contributed by atoms with van der Waals surface area (Å²) in [5.41, 5.74) is 1.23. The molecule has 0 unspecified atom stereocenters. The van der Waals surface area contributed by atoms with Gasteiger partial charge in [0.2, 0.25) is 0 Å². The number of ether oxygens (including phenoxy) is 1. The Morgan fingerprint density at radius 1 is 1.41 bits per heavy atom. The number of nitrogens with zero attached hydrogens (tertiary/aromatic N) is 2. The third-order valence-electron chi connectivity index (χ3n) is 2.46. The van der Waals surface area contributed by atoms with E-state index >= 15 is 0 Å². The van der Waals surface area contributed by atoms with Crippen LogP contribution in [0.2, 0.25) is 0 Å². The number of hydrogen-bond acceptors (Lipinski definition) is 3. The molecule has 4 heteroatoms. The van der Waals surface area contributed by atoms with Gasteiger partial charge in [0.25, 0.3) is 0 Å². The van der Waals surface area contributed by atoms with Gasteiger partial charge in [-0.2, -0.15) is 0 Å². The Bertz CT molecular complexity index is 440. The SMILES string of the molecule is CNCc1cccc(OCCn2ccnc2)c1. The summed E-state index contributed by atoms with van der Waals surface area (Å²) < 4.78 is 7.69. The minimum absolute atomic E-state index is 0.652. The Hall–Kier alpha value is -1.81. The van der Waals surface area contributed by atoms with Gasteiger partial charge in [0.05, 0.1) is 12.9 Å². The summed E-state index contributed by atoms with van der Waals surface area (Å²) in [6.45, 7) is 2.33. The Morgan fingerprint density at radius 2 is 2.35 bits per heavy atom. The van der Waals surface area contributed by atoms with Crippen LogP contribution in [0.5, 0.6) is 5.75 Å². The molecule has 1 aromatic heterocycles. The number of hydrogen-bond donors (Lipinski definition) is 1. The number of rotatable bonds is 6. The van der Waals surface area contributed by atoms with Crippen LogP contribution >= 0.6 is 0 Å². The summed E-state index contributed by atoms with van der Waals surface area (Å²) in [6, 6.07) is 8.13. The minimum atomic E-state index is 0.652. The molecule has 0 aliphatic heterocycles. The first-order chi connectivity index (χ1) is 8.38. The lowest BCUT2D eigenvalue weighted by Crippen LogP contribution is -2.08. The van der Waals surface area contributed by atoms with E-state index in [0.29, 0.717) is 6.61 Å². The second kappa shape index (κ2) is 6.06. The minimum Gasteiger partial charge on any atom is -0.492 e. The number of imidazole rings is 1. The van der Waals surface area contributed by atoms with Crippen molar-refractivity contribution >= 4 is 0 Å². The number of benzene rings is 1. The largest absolute Gasteiger partial charge is 0.492 e. The topological polar surface area (TPSA) is 39.1 Å². The van der Waals surface area contributed by atoms with Crippen molar-refractivity contribution in [1.29, 1.82) is 0 Å². The molecule has 1 aromatic carbocycles. The van der Waals surface area contributed by atoms with E-state index in [1.54, 1.807) is 12.5 Å². The quantitative estimate of drug-likeness (QED) is 0.822. The monoisotopic (exact) mass is 231 g/mol. The molecule has 1 N–H and O–H groups in total. The summed E-state index contributed by atoms with van der Waals surface area (Å²) in [6.07, 6.45) is 5.50. The molecule has 0 aliphatic rings. The molecule has 0 radical (unpaired) electrons. The lowest BCUT2D eigenvalue weighted by Gasteiger charge is -2.08. The third kappa shape index (κ3) is 3.60. The van der Waals surface area contributed by atoms with Gasteiger partial charge in [-0.15, -0.1) is 0 Å². The van der Waals surface area contributed by atoms with E-state index in [2.05, 4.69) is 22.4 Å². The zero-order valence-electron chi connectivity index (χ0n) is 9.97. The summed E-state index contributed by atoms with van der Waals surface area (Å²) in [5.74, 6) is 0.915. The van der Waals surface area contributed by atoms with Gasteiger partial charge in [0, 0.05) is 18.9 Å². The smallest absolute Gasteiger partial charge is 0.119 e. The first-order valence-corrected chi connectivity index (χ1v) is 5.70. The molecule has 0 saturated heterocycles. The van der Waals surface area contributed by atoms with E-state index in [4.69, 9.17) is 4.74 Å². The van der Waals surface area contributed by atoms with Crippen molar-refractivity contribution in [2.24, 2.45) is 0 Å². The van der Waals surface area contributed by atoms with Crippen molar-refractivity contribution in [1.82, 2.24) is 14.9 Å². The van der Waals surface area contributed by atoms with Crippen molar-refractivity contribution < 1.29 is 4.74 Å². The highest BCUT2D eigenvalue weighted by Crippen LogP contribution is 2.13. The van der Waals surface area contributed by atoms with Crippen molar-refractivity contribution in [3.8, 4) is 5.75 Å². The Morgan fingerprint density at radius 3 is 3.12 bits per heavy atom. The molecule has 0 spiro atoms. The van der Waals surface area contributed by atoms with Crippen LogP contribution < -0.4 is 10.1 Å². The van der Waals surface area contributed by atoms with Gasteiger partial charge in [0.15, 0.2) is 0 Å². The summed E-state index contributed by atoms with van der Waals surface area (Å²) >= 11 is 0. The summed E-state index contributed by atoms with van der Waals surface area (Å²) in [7, 11) is 1.94. The zero-order valence-corrected chi connectivity index (χ0v) is 9.97. The van der Waals surface area contributed by atoms with Gasteiger partial charge in [0.1, 0.15) is 12.4 Å². The fraction of sp³-hybridized carbons (Fsp3) is 0.308. The van der Waals surface area contributed by atoms with E-state index in [1.165, 1.54) is 5.56 Å². The number of aromatic nitrogens is 2. The van der Waals surface area contributed by atoms with Crippen LogP contribution in [0, 0.1) is 0 Å². The Labute approximate surface area is 101 Å². The molecule has 0 bridgehead atoms. The highest BCUT2D eigenvalue weighted by molar-refractivity contribution is 5.28. The van der Waals surface area contributed by atoms with Crippen LogP contribution in [-0.4, -0.2) is 23.2 Å². The predicted molar refractivity (Wildman–Crippen MR) is 66.9 cm³/mol. The van der Waals surface area contributed by atoms with E-state index in [0.717, 1.165) is 18.8 Å². The maximum atomic E-state index is 5.69. The molecule has 1 heterocycles. The molecule has 4 nitrogen and oxygen atoms in total. The molecule has 0 fully saturated rings. The normalized spacial score (nSPS) is 10.4. The average molecular weight is 231 g/mol. The molecular formula is C13H17N3O. The van der Waals surface area contributed by atoms with E-state index in [9.17, 15) is 0 Å². The Kier molecular flexibility index (Phi) is 4.16. The first-order valence-electron chi connectivity index (χ1n) is 5.70. The average Bonchev–Trinajstić information content (AvgIpc) is 2.83. The van der Waals surface area contributed by atoms with Gasteiger partial charge in [-0.1, -0.05) is 12.1 Å². The van der Waals surface area contributed by atoms with E-state index in [1.807, 2.05) is 29.9 Å². The summed E-state index contributed by atoms with van der Waals surface area (Å²) in [4.78, 5) is 3.99. The van der Waals surface area contributed by atoms with Gasteiger partial charge in [-0.3, -0.25) is 0 Å². The molecule has 17 heavy (non-hydrogen) atoms. The molecule has 0 atom stereocenters. The van der Waals surface area contributed by atoms with Crippen molar-refractivity contribution in [2.45, 2.75) is 13.1 Å². The predicted octanol–water partition coefficient (Wildman–Crippen LogP) is 1.68. The van der Waals surface area contributed by atoms with Crippen LogP contribution in [-0.2, 0) is 13.1 Å². The Balaban J connectivity index is 1.84. The molecular weight excluding hydrogens is 214 g/mol. The summed E-state index contributed by atoms with van der Waals surface area (Å²) in [5, 5.41) is 3.12. The van der Waals surface area contributed by atoms with Crippen LogP contribution in [0.25, 0.3) is 0 Å². The lowest BCUT2D eigenvalue weighted by molar-refractivity contribution is 0.298. The van der Waals surface area contributed by atoms with Crippen molar-refractivity contribution in [3.63, 3.8) is 0 Å². The molecule has 0 aliphatic carbocycles. The second-order valence-electron chi connectivity index (χ2n) is 3.83. The fourth-order valence-corrected chi connectivity index (χ4v) is 1.64. The molecule has 90 valence electrons. The zero-order chi connectivity index (χ0) is 11.9. The van der Waals surface area contributed by atoms with Crippen LogP contribution in [0.3, 0.4) is 0 Å². The highest BCUT2D eigenvalue weighted by Gasteiger charge is 1.96. The lowest BCUT2D eigenvalue weighted by atomic mass is 10.2. The van der Waals surface area contributed by atoms with E-state index < -0.39 is 0 Å². The maximum absolute atomic E-state index is 5.69. The van der Waals surface area contributed by atoms with Crippen molar-refractivity contribution in [3.05, 3.63) is 48.5 Å². The van der Waals surface area contributed by atoms with Gasteiger partial charge in [-0.25, -0.2) is 4.98 Å². The van der Waals surface area contributed by atoms with Crippen LogP contribution in [0.4, 0.5) is 0 Å². The number of nitrogens with one attached hydrogen (secondary N) is 1. The van der Waals surface area contributed by atoms with Gasteiger partial charge >= 0.3 is 0 Å². The fourth-order valence-electron chi connectivity index (χ4n) is 1.64. The van der Waals surface area contributed by atoms with Gasteiger partial charge in [-0.05, 0) is 24.7 Å². The van der Waals surface area contributed by atoms with Crippen molar-refractivity contribution in [2.75, 3.05) is 13.7 Å². The molecule has 0 saturated carbocycles. The van der Waals surface area contributed by atoms with Gasteiger partial charge < -0.3 is 14.6 Å².